The fourth-order valence-corrected chi connectivity index (χ4v) is 4.75. The molecule has 0 aliphatic heterocycles. The number of alkyl halides is 3. The van der Waals surface area contributed by atoms with E-state index in [-0.39, 0.29) is 5.92 Å². The predicted molar refractivity (Wildman–Crippen MR) is 137 cm³/mol. The number of benzene rings is 1. The van der Waals surface area contributed by atoms with Gasteiger partial charge in [-0.1, -0.05) is 38.1 Å². The second-order valence-corrected chi connectivity index (χ2v) is 11.1. The van der Waals surface area contributed by atoms with Gasteiger partial charge in [0.15, 0.2) is 11.6 Å². The van der Waals surface area contributed by atoms with Gasteiger partial charge in [-0.15, -0.1) is 10.2 Å². The third-order valence-corrected chi connectivity index (χ3v) is 7.82. The van der Waals surface area contributed by atoms with Crippen LogP contribution < -0.4 is 4.18 Å². The first-order valence-corrected chi connectivity index (χ1v) is 13.2. The Morgan fingerprint density at radius 1 is 0.868 bits per heavy atom. The Morgan fingerprint density at radius 2 is 1.50 bits per heavy atom. The van der Waals surface area contributed by atoms with Gasteiger partial charge in [-0.25, -0.2) is 0 Å². The summed E-state index contributed by atoms with van der Waals surface area (Å²) >= 11 is 0. The van der Waals surface area contributed by atoms with Crippen LogP contribution >= 0.6 is 0 Å². The normalized spacial score (nSPS) is 13.9. The molecule has 7 nitrogen and oxygen atoms in total. The molecule has 0 aliphatic rings. The van der Waals surface area contributed by atoms with Gasteiger partial charge in [-0.3, -0.25) is 4.98 Å². The first-order valence-electron chi connectivity index (χ1n) is 11.8. The maximum absolute atomic E-state index is 12.6. The van der Waals surface area contributed by atoms with Gasteiger partial charge >= 0.3 is 15.6 Å². The third-order valence-electron chi connectivity index (χ3n) is 6.84. The molecule has 38 heavy (non-hydrogen) atoms. The van der Waals surface area contributed by atoms with Gasteiger partial charge in [0.2, 0.25) is 0 Å². The minimum Gasteiger partial charge on any atom is -0.374 e. The molecule has 0 aliphatic carbocycles. The third kappa shape index (κ3) is 5.02. The van der Waals surface area contributed by atoms with Crippen molar-refractivity contribution in [2.45, 2.75) is 45.5 Å². The van der Waals surface area contributed by atoms with Crippen molar-refractivity contribution in [1.29, 1.82) is 0 Å². The molecule has 0 N–H and O–H groups in total. The summed E-state index contributed by atoms with van der Waals surface area (Å²) in [7, 11) is -5.77. The maximum Gasteiger partial charge on any atom is 0.534 e. The van der Waals surface area contributed by atoms with Crippen molar-refractivity contribution >= 4 is 10.1 Å². The standard InChI is InChI=1S/C27H27F3N4O3S/c1-17(2)26(5,24-14-12-22(16-31-24)37-38(35,36)27(28,29)30)21-10-8-20(9-11-21)23-13-15-25(33-32-23)34-18(3)6-7-19(34)4/h6-17H,1-5H3. The Kier molecular flexibility index (Phi) is 7.09. The van der Waals surface area contributed by atoms with Crippen LogP contribution in [0.25, 0.3) is 17.1 Å². The van der Waals surface area contributed by atoms with Gasteiger partial charge in [0.05, 0.1) is 17.6 Å². The number of aromatic nitrogens is 4. The number of nitrogens with zero attached hydrogens (tertiary/aromatic N) is 4. The highest BCUT2D eigenvalue weighted by Gasteiger charge is 2.48. The number of hydrogen-bond donors (Lipinski definition) is 0. The summed E-state index contributed by atoms with van der Waals surface area (Å²) in [5.74, 6) is 0.262. The summed E-state index contributed by atoms with van der Waals surface area (Å²) in [6.45, 7) is 9.99. The topological polar surface area (TPSA) is 87.0 Å². The highest BCUT2D eigenvalue weighted by atomic mass is 32.2. The highest BCUT2D eigenvalue weighted by Crippen LogP contribution is 2.39. The molecule has 200 valence electrons. The van der Waals surface area contributed by atoms with Crippen molar-refractivity contribution < 1.29 is 25.8 Å². The second kappa shape index (κ2) is 9.86. The molecule has 11 heteroatoms. The van der Waals surface area contributed by atoms with Crippen LogP contribution in [0.1, 0.15) is 43.4 Å². The number of halogens is 3. The van der Waals surface area contributed by atoms with E-state index in [1.165, 1.54) is 12.1 Å². The molecule has 0 spiro atoms. The largest absolute Gasteiger partial charge is 0.534 e. The van der Waals surface area contributed by atoms with Crippen molar-refractivity contribution in [2.75, 3.05) is 0 Å². The minimum atomic E-state index is -5.77. The van der Waals surface area contributed by atoms with E-state index in [2.05, 4.69) is 19.4 Å². The van der Waals surface area contributed by atoms with E-state index >= 15 is 0 Å². The molecule has 1 atom stereocenters. The summed E-state index contributed by atoms with van der Waals surface area (Å²) in [4.78, 5) is 4.26. The van der Waals surface area contributed by atoms with Gasteiger partial charge in [0, 0.05) is 22.4 Å². The zero-order valence-electron chi connectivity index (χ0n) is 21.5. The maximum atomic E-state index is 12.6. The monoisotopic (exact) mass is 544 g/mol. The van der Waals surface area contributed by atoms with Gasteiger partial charge in [-0.05, 0) is 68.7 Å². The zero-order valence-corrected chi connectivity index (χ0v) is 22.3. The number of rotatable bonds is 7. The van der Waals surface area contributed by atoms with Gasteiger partial charge < -0.3 is 8.75 Å². The van der Waals surface area contributed by atoms with E-state index in [0.29, 0.717) is 11.4 Å². The quantitative estimate of drug-likeness (QED) is 0.205. The molecular weight excluding hydrogens is 517 g/mol. The van der Waals surface area contributed by atoms with Gasteiger partial charge in [0.1, 0.15) is 0 Å². The van der Waals surface area contributed by atoms with E-state index in [9.17, 15) is 21.6 Å². The van der Waals surface area contributed by atoms with Crippen LogP contribution in [0, 0.1) is 19.8 Å². The molecule has 3 heterocycles. The van der Waals surface area contributed by atoms with Crippen molar-refractivity contribution in [3.63, 3.8) is 0 Å². The Labute approximate surface area is 219 Å². The summed E-state index contributed by atoms with van der Waals surface area (Å²) in [6.07, 6.45) is 0.985. The van der Waals surface area contributed by atoms with Crippen molar-refractivity contribution in [3.8, 4) is 22.8 Å². The summed E-state index contributed by atoms with van der Waals surface area (Å²) in [6, 6.07) is 18.3. The number of aryl methyl sites for hydroxylation is 2. The molecule has 0 bridgehead atoms. The van der Waals surface area contributed by atoms with Crippen molar-refractivity contribution in [3.05, 3.63) is 89.5 Å². The lowest BCUT2D eigenvalue weighted by Crippen LogP contribution is -2.31. The molecule has 0 saturated heterocycles. The minimum absolute atomic E-state index is 0.0404. The van der Waals surface area contributed by atoms with Crippen LogP contribution in [0.2, 0.25) is 0 Å². The fraction of sp³-hybridized carbons (Fsp3) is 0.296. The summed E-state index contributed by atoms with van der Waals surface area (Å²) < 4.78 is 66.7. The number of pyridine rings is 1. The summed E-state index contributed by atoms with van der Waals surface area (Å²) in [5.41, 5.74) is -0.964. The molecule has 0 fully saturated rings. The van der Waals surface area contributed by atoms with Gasteiger partial charge in [-0.2, -0.15) is 21.6 Å². The van der Waals surface area contributed by atoms with E-state index in [4.69, 9.17) is 0 Å². The predicted octanol–water partition coefficient (Wildman–Crippen LogP) is 6.14. The zero-order chi connectivity index (χ0) is 27.9. The molecule has 0 radical (unpaired) electrons. The molecule has 1 aromatic carbocycles. The van der Waals surface area contributed by atoms with E-state index in [1.54, 1.807) is 0 Å². The van der Waals surface area contributed by atoms with Crippen LogP contribution in [-0.2, 0) is 15.5 Å². The van der Waals surface area contributed by atoms with Crippen LogP contribution in [0.3, 0.4) is 0 Å². The average Bonchev–Trinajstić information content (AvgIpc) is 3.21. The van der Waals surface area contributed by atoms with Crippen LogP contribution in [0.15, 0.2) is 66.9 Å². The number of hydrogen-bond acceptors (Lipinski definition) is 6. The first kappa shape index (κ1) is 27.3. The van der Waals surface area contributed by atoms with E-state index in [1.807, 2.05) is 87.7 Å². The van der Waals surface area contributed by atoms with Crippen LogP contribution in [0.5, 0.6) is 5.75 Å². The first-order chi connectivity index (χ1) is 17.7. The lowest BCUT2D eigenvalue weighted by molar-refractivity contribution is -0.0500. The van der Waals surface area contributed by atoms with E-state index in [0.717, 1.165) is 34.5 Å². The summed E-state index contributed by atoms with van der Waals surface area (Å²) in [5, 5.41) is 8.79. The smallest absolute Gasteiger partial charge is 0.374 e. The van der Waals surface area contributed by atoms with E-state index < -0.39 is 26.8 Å². The highest BCUT2D eigenvalue weighted by molar-refractivity contribution is 7.88. The van der Waals surface area contributed by atoms with Gasteiger partial charge in [0.25, 0.3) is 0 Å². The van der Waals surface area contributed by atoms with Crippen LogP contribution in [-0.4, -0.2) is 33.7 Å². The fourth-order valence-electron chi connectivity index (χ4n) is 4.30. The average molecular weight is 545 g/mol. The molecule has 1 unspecified atom stereocenters. The lowest BCUT2D eigenvalue weighted by Gasteiger charge is -2.34. The molecule has 0 amide bonds. The Hall–Kier alpha value is -3.73. The second-order valence-electron chi connectivity index (χ2n) is 9.53. The molecule has 4 rings (SSSR count). The molecule has 3 aromatic heterocycles. The lowest BCUT2D eigenvalue weighted by atomic mass is 9.70. The SMILES string of the molecule is Cc1ccc(C)n1-c1ccc(-c2ccc(C(C)(c3ccc(OS(=O)(=O)C(F)(F)F)cn3)C(C)C)cc2)nn1. The van der Waals surface area contributed by atoms with Crippen molar-refractivity contribution in [1.82, 2.24) is 19.7 Å². The Balaban J connectivity index is 1.60. The molecule has 4 aromatic rings. The molecular formula is C27H27F3N4O3S. The van der Waals surface area contributed by atoms with Crippen LogP contribution in [0.4, 0.5) is 13.2 Å². The Bertz CT molecular complexity index is 1510. The van der Waals surface area contributed by atoms with Crippen molar-refractivity contribution in [2.24, 2.45) is 5.92 Å². The Morgan fingerprint density at radius 3 is 1.97 bits per heavy atom. The molecule has 0 saturated carbocycles.